The normalized spacial score (nSPS) is 9.78. The van der Waals surface area contributed by atoms with Gasteiger partial charge in [-0.25, -0.2) is 0 Å². The van der Waals surface area contributed by atoms with Gasteiger partial charge in [-0.05, 0) is 25.2 Å². The van der Waals surface area contributed by atoms with Gasteiger partial charge in [-0.3, -0.25) is 4.90 Å². The van der Waals surface area contributed by atoms with Crippen LogP contribution in [0.1, 0.15) is 0 Å². The Labute approximate surface area is 110 Å². The second kappa shape index (κ2) is 8.45. The number of nitrogens with zero attached hydrogens (tertiary/aromatic N) is 1. The summed E-state index contributed by atoms with van der Waals surface area (Å²) < 4.78 is 4.73. The third kappa shape index (κ3) is 5.62. The van der Waals surface area contributed by atoms with Crippen molar-refractivity contribution >= 4 is 0 Å². The largest absolute Gasteiger partial charge is 0.369 e. The molecule has 18 heavy (non-hydrogen) atoms. The molecule has 0 amide bonds. The predicted molar refractivity (Wildman–Crippen MR) is 77.4 cm³/mol. The number of hydrogen-bond acceptors (Lipinski definition) is 2. The van der Waals surface area contributed by atoms with Gasteiger partial charge in [0.25, 0.3) is 0 Å². The summed E-state index contributed by atoms with van der Waals surface area (Å²) in [4.78, 5) is 1.96. The molecule has 0 fully saturated rings. The van der Waals surface area contributed by atoms with E-state index in [0.29, 0.717) is 6.73 Å². The van der Waals surface area contributed by atoms with Gasteiger partial charge in [-0.2, -0.15) is 0 Å². The second-order valence-corrected chi connectivity index (χ2v) is 4.23. The van der Waals surface area contributed by atoms with E-state index in [1.54, 1.807) is 7.11 Å². The molecule has 96 valence electrons. The third-order valence-corrected chi connectivity index (χ3v) is 2.27. The molecule has 0 N–H and O–H groups in total. The lowest BCUT2D eigenvalue weighted by Gasteiger charge is -2.04. The first-order valence-electron chi connectivity index (χ1n) is 5.98. The fraction of sp³-hybridized carbons (Fsp3) is 0.250. The van der Waals surface area contributed by atoms with E-state index in [1.807, 2.05) is 31.1 Å². The van der Waals surface area contributed by atoms with Gasteiger partial charge in [-0.1, -0.05) is 60.7 Å². The van der Waals surface area contributed by atoms with Crippen LogP contribution < -0.4 is 0 Å². The summed E-state index contributed by atoms with van der Waals surface area (Å²) in [5.74, 6) is 0. The summed E-state index contributed by atoms with van der Waals surface area (Å²) >= 11 is 0. The number of rotatable bonds is 3. The van der Waals surface area contributed by atoms with Crippen molar-refractivity contribution in [1.82, 2.24) is 4.90 Å². The fourth-order valence-electron chi connectivity index (χ4n) is 1.52. The molecule has 0 heterocycles. The molecule has 2 heteroatoms. The number of benzene rings is 2. The number of ether oxygens (including phenoxy) is 1. The Morgan fingerprint density at radius 3 is 1.39 bits per heavy atom. The van der Waals surface area contributed by atoms with E-state index in [1.165, 1.54) is 11.1 Å². The van der Waals surface area contributed by atoms with Crippen molar-refractivity contribution in [2.24, 2.45) is 0 Å². The molecule has 0 aromatic heterocycles. The predicted octanol–water partition coefficient (Wildman–Crippen LogP) is 3.51. The standard InChI is InChI=1S/C12H10.C4H11NO/c1-3-7-11(8-4-1)12-9-5-2-6-10-12;1-5(2)4-6-3/h1-10H;4H2,1-3H3. The van der Waals surface area contributed by atoms with Crippen molar-refractivity contribution in [2.45, 2.75) is 0 Å². The molecule has 0 spiro atoms. The van der Waals surface area contributed by atoms with E-state index in [2.05, 4.69) is 48.5 Å². The van der Waals surface area contributed by atoms with Gasteiger partial charge < -0.3 is 4.74 Å². The Bertz CT molecular complexity index is 374. The molecular weight excluding hydrogens is 222 g/mol. The van der Waals surface area contributed by atoms with E-state index < -0.39 is 0 Å². The quantitative estimate of drug-likeness (QED) is 0.765. The molecule has 0 aliphatic heterocycles. The molecule has 0 saturated heterocycles. The van der Waals surface area contributed by atoms with E-state index >= 15 is 0 Å². The highest BCUT2D eigenvalue weighted by Gasteiger charge is 1.91. The van der Waals surface area contributed by atoms with Crippen molar-refractivity contribution < 1.29 is 4.74 Å². The molecule has 0 aliphatic carbocycles. The average Bonchev–Trinajstić information content (AvgIpc) is 2.41. The molecule has 2 rings (SSSR count). The minimum atomic E-state index is 0.708. The molecule has 0 saturated carbocycles. The second-order valence-electron chi connectivity index (χ2n) is 4.23. The minimum Gasteiger partial charge on any atom is -0.369 e. The highest BCUT2D eigenvalue weighted by atomic mass is 16.5. The van der Waals surface area contributed by atoms with Gasteiger partial charge in [0.1, 0.15) is 0 Å². The molecular formula is C16H21NO. The van der Waals surface area contributed by atoms with Crippen molar-refractivity contribution in [1.29, 1.82) is 0 Å². The van der Waals surface area contributed by atoms with Crippen LogP contribution in [0.4, 0.5) is 0 Å². The van der Waals surface area contributed by atoms with Crippen LogP contribution in [0.5, 0.6) is 0 Å². The van der Waals surface area contributed by atoms with Crippen LogP contribution in [0.3, 0.4) is 0 Å². The zero-order chi connectivity index (χ0) is 13.2. The molecule has 2 aromatic carbocycles. The van der Waals surface area contributed by atoms with Crippen molar-refractivity contribution in [2.75, 3.05) is 27.9 Å². The van der Waals surface area contributed by atoms with Crippen LogP contribution in [0, 0.1) is 0 Å². The van der Waals surface area contributed by atoms with Crippen LogP contribution >= 0.6 is 0 Å². The van der Waals surface area contributed by atoms with E-state index in [4.69, 9.17) is 4.74 Å². The maximum Gasteiger partial charge on any atom is 0.0981 e. The zero-order valence-electron chi connectivity index (χ0n) is 11.3. The average molecular weight is 243 g/mol. The van der Waals surface area contributed by atoms with E-state index in [0.717, 1.165) is 0 Å². The summed E-state index contributed by atoms with van der Waals surface area (Å²) in [6.07, 6.45) is 0. The first-order chi connectivity index (χ1) is 8.74. The highest BCUT2D eigenvalue weighted by molar-refractivity contribution is 5.62. The fourth-order valence-corrected chi connectivity index (χ4v) is 1.52. The summed E-state index contributed by atoms with van der Waals surface area (Å²) in [5, 5.41) is 0. The van der Waals surface area contributed by atoms with E-state index in [-0.39, 0.29) is 0 Å². The Balaban J connectivity index is 0.000000232. The maximum atomic E-state index is 4.73. The summed E-state index contributed by atoms with van der Waals surface area (Å²) in [5.41, 5.74) is 2.55. The van der Waals surface area contributed by atoms with Crippen molar-refractivity contribution in [3.63, 3.8) is 0 Å². The lowest BCUT2D eigenvalue weighted by molar-refractivity contribution is 0.0994. The van der Waals surface area contributed by atoms with Crippen LogP contribution in [-0.4, -0.2) is 32.8 Å². The lowest BCUT2D eigenvalue weighted by atomic mass is 10.1. The summed E-state index contributed by atoms with van der Waals surface area (Å²) in [7, 11) is 5.60. The summed E-state index contributed by atoms with van der Waals surface area (Å²) in [6.45, 7) is 0.708. The summed E-state index contributed by atoms with van der Waals surface area (Å²) in [6, 6.07) is 20.8. The topological polar surface area (TPSA) is 12.5 Å². The molecule has 0 radical (unpaired) electrons. The first-order valence-corrected chi connectivity index (χ1v) is 5.98. The molecule has 2 nitrogen and oxygen atoms in total. The number of hydrogen-bond donors (Lipinski definition) is 0. The van der Waals surface area contributed by atoms with Crippen LogP contribution in [0.25, 0.3) is 11.1 Å². The van der Waals surface area contributed by atoms with Gasteiger partial charge >= 0.3 is 0 Å². The minimum absolute atomic E-state index is 0.708. The lowest BCUT2D eigenvalue weighted by Crippen LogP contribution is -2.13. The van der Waals surface area contributed by atoms with E-state index in [9.17, 15) is 0 Å². The maximum absolute atomic E-state index is 4.73. The zero-order valence-corrected chi connectivity index (χ0v) is 11.3. The van der Waals surface area contributed by atoms with Crippen LogP contribution in [0.2, 0.25) is 0 Å². The Kier molecular flexibility index (Phi) is 6.77. The van der Waals surface area contributed by atoms with Crippen molar-refractivity contribution in [3.8, 4) is 11.1 Å². The van der Waals surface area contributed by atoms with Crippen LogP contribution in [0.15, 0.2) is 60.7 Å². The highest BCUT2D eigenvalue weighted by Crippen LogP contribution is 2.17. The molecule has 0 unspecified atom stereocenters. The van der Waals surface area contributed by atoms with Crippen LogP contribution in [-0.2, 0) is 4.74 Å². The van der Waals surface area contributed by atoms with Gasteiger partial charge in [-0.15, -0.1) is 0 Å². The monoisotopic (exact) mass is 243 g/mol. The Morgan fingerprint density at radius 1 is 0.778 bits per heavy atom. The molecule has 0 aliphatic rings. The Hall–Kier alpha value is -1.64. The molecule has 0 atom stereocenters. The molecule has 0 bridgehead atoms. The SMILES string of the molecule is COCN(C)C.c1ccc(-c2ccccc2)cc1. The van der Waals surface area contributed by atoms with Gasteiger partial charge in [0.15, 0.2) is 0 Å². The van der Waals surface area contributed by atoms with Gasteiger partial charge in [0, 0.05) is 7.11 Å². The first kappa shape index (κ1) is 14.4. The smallest absolute Gasteiger partial charge is 0.0981 e. The number of methoxy groups -OCH3 is 1. The third-order valence-electron chi connectivity index (χ3n) is 2.27. The van der Waals surface area contributed by atoms with Gasteiger partial charge in [0.2, 0.25) is 0 Å². The molecule has 2 aromatic rings. The Morgan fingerprint density at radius 2 is 1.17 bits per heavy atom. The van der Waals surface area contributed by atoms with Crippen molar-refractivity contribution in [3.05, 3.63) is 60.7 Å². The van der Waals surface area contributed by atoms with Gasteiger partial charge in [0.05, 0.1) is 6.73 Å².